The molecule has 27 heavy (non-hydrogen) atoms. The molecule has 0 fully saturated rings. The molecule has 0 saturated heterocycles. The van der Waals surface area contributed by atoms with E-state index in [9.17, 15) is 13.6 Å². The largest absolute Gasteiger partial charge is 0.494 e. The van der Waals surface area contributed by atoms with Gasteiger partial charge in [-0.3, -0.25) is 4.79 Å². The van der Waals surface area contributed by atoms with E-state index in [1.54, 1.807) is 30.3 Å². The minimum atomic E-state index is -0.501. The van der Waals surface area contributed by atoms with Gasteiger partial charge in [0.15, 0.2) is 11.6 Å². The SMILES string of the molecule is COc1ccc(CNC(=O)c2cccnc2Nc2cccc(F)c2)cc1F. The van der Waals surface area contributed by atoms with Gasteiger partial charge in [-0.25, -0.2) is 13.8 Å². The van der Waals surface area contributed by atoms with Crippen molar-refractivity contribution in [2.24, 2.45) is 0 Å². The van der Waals surface area contributed by atoms with E-state index in [0.717, 1.165) is 0 Å². The second-order valence-corrected chi connectivity index (χ2v) is 5.69. The minimum Gasteiger partial charge on any atom is -0.494 e. The molecular weight excluding hydrogens is 352 g/mol. The van der Waals surface area contributed by atoms with Crippen LogP contribution >= 0.6 is 0 Å². The van der Waals surface area contributed by atoms with E-state index >= 15 is 0 Å². The van der Waals surface area contributed by atoms with Crippen molar-refractivity contribution in [1.82, 2.24) is 10.3 Å². The summed E-state index contributed by atoms with van der Waals surface area (Å²) in [6, 6.07) is 13.5. The maximum absolute atomic E-state index is 13.7. The van der Waals surface area contributed by atoms with E-state index in [-0.39, 0.29) is 17.9 Å². The van der Waals surface area contributed by atoms with E-state index in [4.69, 9.17) is 4.74 Å². The Kier molecular flexibility index (Phi) is 5.61. The number of amides is 1. The fourth-order valence-corrected chi connectivity index (χ4v) is 2.49. The van der Waals surface area contributed by atoms with E-state index in [1.807, 2.05) is 0 Å². The summed E-state index contributed by atoms with van der Waals surface area (Å²) in [4.78, 5) is 16.7. The zero-order chi connectivity index (χ0) is 19.2. The predicted octanol–water partition coefficient (Wildman–Crippen LogP) is 4.04. The molecular formula is C20H17F2N3O2. The number of carbonyl (C=O) groups is 1. The molecule has 1 heterocycles. The summed E-state index contributed by atoms with van der Waals surface area (Å²) in [6.45, 7) is 0.133. The monoisotopic (exact) mass is 369 g/mol. The van der Waals surface area contributed by atoms with Crippen LogP contribution in [0.15, 0.2) is 60.8 Å². The number of aromatic nitrogens is 1. The number of methoxy groups -OCH3 is 1. The Labute approximate surface area is 155 Å². The van der Waals surface area contributed by atoms with Gasteiger partial charge in [-0.05, 0) is 48.0 Å². The molecule has 0 aliphatic rings. The summed E-state index contributed by atoms with van der Waals surface area (Å²) < 4.78 is 32.0. The Morgan fingerprint density at radius 3 is 2.70 bits per heavy atom. The fraction of sp³-hybridized carbons (Fsp3) is 0.100. The van der Waals surface area contributed by atoms with Crippen molar-refractivity contribution in [2.75, 3.05) is 12.4 Å². The number of anilines is 2. The topological polar surface area (TPSA) is 63.2 Å². The lowest BCUT2D eigenvalue weighted by Gasteiger charge is -2.12. The molecule has 0 spiro atoms. The molecule has 0 aliphatic carbocycles. The van der Waals surface area contributed by atoms with Gasteiger partial charge in [0.25, 0.3) is 5.91 Å². The van der Waals surface area contributed by atoms with Crippen LogP contribution in [0.5, 0.6) is 5.75 Å². The summed E-state index contributed by atoms with van der Waals surface area (Å²) in [5, 5.41) is 5.65. The highest BCUT2D eigenvalue weighted by molar-refractivity contribution is 5.99. The van der Waals surface area contributed by atoms with Gasteiger partial charge < -0.3 is 15.4 Å². The Balaban J connectivity index is 1.72. The normalized spacial score (nSPS) is 10.3. The summed E-state index contributed by atoms with van der Waals surface area (Å²) in [7, 11) is 1.38. The van der Waals surface area contributed by atoms with E-state index in [1.165, 1.54) is 37.6 Å². The number of hydrogen-bond donors (Lipinski definition) is 2. The minimum absolute atomic E-state index is 0.133. The molecule has 3 aromatic rings. The predicted molar refractivity (Wildman–Crippen MR) is 98.0 cm³/mol. The summed E-state index contributed by atoms with van der Waals surface area (Å²) in [6.07, 6.45) is 1.53. The summed E-state index contributed by atoms with van der Waals surface area (Å²) >= 11 is 0. The Morgan fingerprint density at radius 2 is 1.96 bits per heavy atom. The van der Waals surface area contributed by atoms with Gasteiger partial charge >= 0.3 is 0 Å². The van der Waals surface area contributed by atoms with Crippen LogP contribution in [0.1, 0.15) is 15.9 Å². The van der Waals surface area contributed by atoms with Crippen LogP contribution in [-0.2, 0) is 6.54 Å². The van der Waals surface area contributed by atoms with Crippen molar-refractivity contribution < 1.29 is 18.3 Å². The van der Waals surface area contributed by atoms with Crippen molar-refractivity contribution in [2.45, 2.75) is 6.54 Å². The molecule has 0 saturated carbocycles. The van der Waals surface area contributed by atoms with Crippen molar-refractivity contribution in [3.8, 4) is 5.75 Å². The highest BCUT2D eigenvalue weighted by atomic mass is 19.1. The molecule has 0 aliphatic heterocycles. The lowest BCUT2D eigenvalue weighted by molar-refractivity contribution is 0.0951. The molecule has 0 unspecified atom stereocenters. The molecule has 2 N–H and O–H groups in total. The number of benzene rings is 2. The smallest absolute Gasteiger partial charge is 0.255 e. The first kappa shape index (κ1) is 18.3. The third-order valence-electron chi connectivity index (χ3n) is 3.81. The van der Waals surface area contributed by atoms with Gasteiger partial charge in [0.05, 0.1) is 12.7 Å². The van der Waals surface area contributed by atoms with Crippen molar-refractivity contribution in [3.05, 3.63) is 83.6 Å². The van der Waals surface area contributed by atoms with Gasteiger partial charge in [-0.15, -0.1) is 0 Å². The summed E-state index contributed by atoms with van der Waals surface area (Å²) in [5.74, 6) is -0.860. The number of halogens is 2. The number of nitrogens with one attached hydrogen (secondary N) is 2. The van der Waals surface area contributed by atoms with Crippen LogP contribution in [0.2, 0.25) is 0 Å². The standard InChI is InChI=1S/C20H17F2N3O2/c1-27-18-8-7-13(10-17(18)22)12-24-20(26)16-6-3-9-23-19(16)25-15-5-2-4-14(21)11-15/h2-11H,12H2,1H3,(H,23,25)(H,24,26). The van der Waals surface area contributed by atoms with Crippen LogP contribution in [0.25, 0.3) is 0 Å². The number of nitrogens with zero attached hydrogens (tertiary/aromatic N) is 1. The summed E-state index contributed by atoms with van der Waals surface area (Å²) in [5.41, 5.74) is 1.35. The van der Waals surface area contributed by atoms with Crippen molar-refractivity contribution >= 4 is 17.4 Å². The van der Waals surface area contributed by atoms with Crippen molar-refractivity contribution in [1.29, 1.82) is 0 Å². The molecule has 0 radical (unpaired) electrons. The lowest BCUT2D eigenvalue weighted by Crippen LogP contribution is -2.24. The first-order valence-corrected chi connectivity index (χ1v) is 8.15. The van der Waals surface area contributed by atoms with Crippen LogP contribution in [-0.4, -0.2) is 18.0 Å². The Bertz CT molecular complexity index is 963. The molecule has 1 aromatic heterocycles. The molecule has 3 rings (SSSR count). The van der Waals surface area contributed by atoms with Gasteiger partial charge in [0, 0.05) is 18.4 Å². The Morgan fingerprint density at radius 1 is 1.11 bits per heavy atom. The quantitative estimate of drug-likeness (QED) is 0.688. The lowest BCUT2D eigenvalue weighted by atomic mass is 10.2. The number of carbonyl (C=O) groups excluding carboxylic acids is 1. The zero-order valence-corrected chi connectivity index (χ0v) is 14.5. The molecule has 2 aromatic carbocycles. The Hall–Kier alpha value is -3.48. The number of rotatable bonds is 6. The van der Waals surface area contributed by atoms with Crippen molar-refractivity contribution in [3.63, 3.8) is 0 Å². The molecule has 5 nitrogen and oxygen atoms in total. The van der Waals surface area contributed by atoms with E-state index in [0.29, 0.717) is 17.1 Å². The molecule has 1 amide bonds. The fourth-order valence-electron chi connectivity index (χ4n) is 2.49. The van der Waals surface area contributed by atoms with E-state index in [2.05, 4.69) is 15.6 Å². The molecule has 0 atom stereocenters. The second kappa shape index (κ2) is 8.27. The van der Waals surface area contributed by atoms with E-state index < -0.39 is 17.5 Å². The van der Waals surface area contributed by atoms with Crippen LogP contribution in [0.4, 0.5) is 20.3 Å². The first-order valence-electron chi connectivity index (χ1n) is 8.15. The molecule has 138 valence electrons. The zero-order valence-electron chi connectivity index (χ0n) is 14.5. The second-order valence-electron chi connectivity index (χ2n) is 5.69. The highest BCUT2D eigenvalue weighted by Crippen LogP contribution is 2.20. The van der Waals surface area contributed by atoms with Gasteiger partial charge in [-0.2, -0.15) is 0 Å². The third kappa shape index (κ3) is 4.58. The molecule has 7 heteroatoms. The van der Waals surface area contributed by atoms with Crippen LogP contribution in [0.3, 0.4) is 0 Å². The number of hydrogen-bond acceptors (Lipinski definition) is 4. The van der Waals surface area contributed by atoms with Crippen LogP contribution in [0, 0.1) is 11.6 Å². The van der Waals surface area contributed by atoms with Crippen LogP contribution < -0.4 is 15.4 Å². The maximum Gasteiger partial charge on any atom is 0.255 e. The average molecular weight is 369 g/mol. The van der Waals surface area contributed by atoms with Gasteiger partial charge in [-0.1, -0.05) is 12.1 Å². The molecule has 0 bridgehead atoms. The maximum atomic E-state index is 13.7. The first-order chi connectivity index (χ1) is 13.1. The van der Waals surface area contributed by atoms with Gasteiger partial charge in [0.1, 0.15) is 11.6 Å². The highest BCUT2D eigenvalue weighted by Gasteiger charge is 2.13. The third-order valence-corrected chi connectivity index (χ3v) is 3.81. The number of ether oxygens (including phenoxy) is 1. The van der Waals surface area contributed by atoms with Gasteiger partial charge in [0.2, 0.25) is 0 Å². The number of pyridine rings is 1. The average Bonchev–Trinajstić information content (AvgIpc) is 2.67.